The molecule has 0 aromatic heterocycles. The number of nitrogens with zero attached hydrogens (tertiary/aromatic N) is 1. The molecule has 18 heavy (non-hydrogen) atoms. The Kier molecular flexibility index (Phi) is 6.94. The zero-order valence-corrected chi connectivity index (χ0v) is 12.8. The number of aliphatic hydroxyl groups is 1. The molecule has 1 fully saturated rings. The van der Waals surface area contributed by atoms with Crippen molar-refractivity contribution in [3.05, 3.63) is 0 Å². The molecule has 1 rings (SSSR count). The van der Waals surface area contributed by atoms with E-state index >= 15 is 0 Å². The summed E-state index contributed by atoms with van der Waals surface area (Å²) < 4.78 is 28.6. The summed E-state index contributed by atoms with van der Waals surface area (Å²) in [6.07, 6.45) is 5.43. The maximum atomic E-state index is 12.2. The molecule has 0 aliphatic carbocycles. The highest BCUT2D eigenvalue weighted by molar-refractivity contribution is 7.98. The van der Waals surface area contributed by atoms with Crippen molar-refractivity contribution >= 4 is 22.0 Å². The van der Waals surface area contributed by atoms with Crippen LogP contribution in [0.1, 0.15) is 32.6 Å². The molecule has 0 amide bonds. The number of thioether (sulfide) groups is 1. The molecule has 0 aromatic rings. The molecule has 0 radical (unpaired) electrons. The maximum Gasteiger partial charge on any atom is 0.280 e. The molecule has 1 aliphatic heterocycles. The minimum Gasteiger partial charge on any atom is -0.395 e. The topological polar surface area (TPSA) is 69.6 Å². The van der Waals surface area contributed by atoms with Gasteiger partial charge in [0.15, 0.2) is 0 Å². The molecule has 108 valence electrons. The van der Waals surface area contributed by atoms with Gasteiger partial charge in [0.25, 0.3) is 10.2 Å². The van der Waals surface area contributed by atoms with E-state index in [0.717, 1.165) is 31.4 Å². The summed E-state index contributed by atoms with van der Waals surface area (Å²) in [6.45, 7) is 2.29. The maximum absolute atomic E-state index is 12.2. The lowest BCUT2D eigenvalue weighted by atomic mass is 10.1. The summed E-state index contributed by atoms with van der Waals surface area (Å²) >= 11 is 1.71. The van der Waals surface area contributed by atoms with Crippen LogP contribution in [-0.2, 0) is 10.2 Å². The van der Waals surface area contributed by atoms with Gasteiger partial charge in [-0.05, 0) is 38.2 Å². The molecule has 0 spiro atoms. The Labute approximate surface area is 115 Å². The normalized spacial score (nSPS) is 24.1. The van der Waals surface area contributed by atoms with Crippen molar-refractivity contribution in [2.24, 2.45) is 0 Å². The van der Waals surface area contributed by atoms with Crippen LogP contribution in [0, 0.1) is 0 Å². The highest BCUT2D eigenvalue weighted by atomic mass is 32.2. The van der Waals surface area contributed by atoms with Gasteiger partial charge >= 0.3 is 0 Å². The molecule has 2 atom stereocenters. The second-order valence-electron chi connectivity index (χ2n) is 4.75. The second kappa shape index (κ2) is 7.69. The molecule has 0 saturated carbocycles. The first-order chi connectivity index (χ1) is 8.51. The van der Waals surface area contributed by atoms with Gasteiger partial charge in [0.1, 0.15) is 0 Å². The van der Waals surface area contributed by atoms with E-state index in [0.29, 0.717) is 6.54 Å². The number of nitrogens with one attached hydrogen (secondary N) is 1. The third kappa shape index (κ3) is 4.70. The third-order valence-corrected chi connectivity index (χ3v) is 5.64. The van der Waals surface area contributed by atoms with Crippen LogP contribution in [0.15, 0.2) is 0 Å². The smallest absolute Gasteiger partial charge is 0.280 e. The third-order valence-electron chi connectivity index (χ3n) is 3.20. The van der Waals surface area contributed by atoms with Crippen molar-refractivity contribution in [2.45, 2.75) is 44.7 Å². The predicted octanol–water partition coefficient (Wildman–Crippen LogP) is 0.809. The molecule has 5 nitrogen and oxygen atoms in total. The summed E-state index contributed by atoms with van der Waals surface area (Å²) in [6, 6.07) is -0.326. The van der Waals surface area contributed by atoms with E-state index in [1.54, 1.807) is 11.8 Å². The summed E-state index contributed by atoms with van der Waals surface area (Å²) in [5, 5.41) is 9.26. The summed E-state index contributed by atoms with van der Waals surface area (Å²) in [4.78, 5) is 0. The number of hydrogen-bond acceptors (Lipinski definition) is 4. The first kappa shape index (κ1) is 16.2. The van der Waals surface area contributed by atoms with Crippen molar-refractivity contribution in [3.63, 3.8) is 0 Å². The van der Waals surface area contributed by atoms with E-state index in [1.165, 1.54) is 4.31 Å². The summed E-state index contributed by atoms with van der Waals surface area (Å²) in [5.74, 6) is 0.938. The zero-order valence-electron chi connectivity index (χ0n) is 11.1. The van der Waals surface area contributed by atoms with Crippen molar-refractivity contribution in [2.75, 3.05) is 25.2 Å². The average Bonchev–Trinajstić information content (AvgIpc) is 2.35. The van der Waals surface area contributed by atoms with Crippen LogP contribution in [0.2, 0.25) is 0 Å². The Morgan fingerprint density at radius 2 is 2.22 bits per heavy atom. The summed E-state index contributed by atoms with van der Waals surface area (Å²) in [7, 11) is -3.46. The van der Waals surface area contributed by atoms with Crippen LogP contribution in [0.3, 0.4) is 0 Å². The van der Waals surface area contributed by atoms with Crippen LogP contribution >= 0.6 is 11.8 Å². The molecular formula is C11H24N2O3S2. The minimum atomic E-state index is -3.46. The lowest BCUT2D eigenvalue weighted by Crippen LogP contribution is -2.52. The van der Waals surface area contributed by atoms with E-state index in [-0.39, 0.29) is 18.7 Å². The van der Waals surface area contributed by atoms with Gasteiger partial charge in [0.2, 0.25) is 0 Å². The van der Waals surface area contributed by atoms with Crippen LogP contribution in [0.5, 0.6) is 0 Å². The van der Waals surface area contributed by atoms with E-state index in [1.807, 2.05) is 13.2 Å². The molecule has 7 heteroatoms. The predicted molar refractivity (Wildman–Crippen MR) is 75.9 cm³/mol. The first-order valence-electron chi connectivity index (χ1n) is 6.40. The highest BCUT2D eigenvalue weighted by Gasteiger charge is 2.32. The van der Waals surface area contributed by atoms with Gasteiger partial charge in [-0.25, -0.2) is 0 Å². The van der Waals surface area contributed by atoms with Gasteiger partial charge in [-0.2, -0.15) is 29.2 Å². The molecule has 0 bridgehead atoms. The van der Waals surface area contributed by atoms with Crippen molar-refractivity contribution < 1.29 is 13.5 Å². The summed E-state index contributed by atoms with van der Waals surface area (Å²) in [5.41, 5.74) is 0. The highest BCUT2D eigenvalue weighted by Crippen LogP contribution is 2.19. The van der Waals surface area contributed by atoms with Crippen LogP contribution in [0.25, 0.3) is 0 Å². The van der Waals surface area contributed by atoms with E-state index < -0.39 is 10.2 Å². The Balaban J connectivity index is 2.60. The zero-order chi connectivity index (χ0) is 13.6. The minimum absolute atomic E-state index is 0.0660. The standard InChI is InChI=1S/C11H24N2O3S2/c1-10(6-8-17-2)12-18(15,16)13-7-4-3-5-11(13)9-14/h10-12,14H,3-9H2,1-2H3. The van der Waals surface area contributed by atoms with Gasteiger partial charge in [-0.15, -0.1) is 0 Å². The van der Waals surface area contributed by atoms with E-state index in [4.69, 9.17) is 0 Å². The van der Waals surface area contributed by atoms with Gasteiger partial charge < -0.3 is 5.11 Å². The molecule has 2 unspecified atom stereocenters. The Morgan fingerprint density at radius 1 is 1.50 bits per heavy atom. The SMILES string of the molecule is CSCCC(C)NS(=O)(=O)N1CCCCC1CO. The Hall–Kier alpha value is 0.180. The molecule has 1 saturated heterocycles. The second-order valence-corrected chi connectivity index (χ2v) is 7.39. The van der Waals surface area contributed by atoms with Crippen LogP contribution in [-0.4, -0.2) is 55.1 Å². The monoisotopic (exact) mass is 296 g/mol. The number of aliphatic hydroxyl groups excluding tert-OH is 1. The molecule has 1 aliphatic rings. The average molecular weight is 296 g/mol. The van der Waals surface area contributed by atoms with Gasteiger partial charge in [-0.3, -0.25) is 0 Å². The van der Waals surface area contributed by atoms with Crippen molar-refractivity contribution in [1.29, 1.82) is 0 Å². The van der Waals surface area contributed by atoms with Crippen molar-refractivity contribution in [3.8, 4) is 0 Å². The van der Waals surface area contributed by atoms with Gasteiger partial charge in [-0.1, -0.05) is 6.42 Å². The quantitative estimate of drug-likeness (QED) is 0.729. The number of hydrogen-bond donors (Lipinski definition) is 2. The number of piperidine rings is 1. The first-order valence-corrected chi connectivity index (χ1v) is 9.23. The molecular weight excluding hydrogens is 272 g/mol. The van der Waals surface area contributed by atoms with Crippen molar-refractivity contribution in [1.82, 2.24) is 9.03 Å². The van der Waals surface area contributed by atoms with Crippen LogP contribution in [0.4, 0.5) is 0 Å². The van der Waals surface area contributed by atoms with Gasteiger partial charge in [0.05, 0.1) is 6.61 Å². The fourth-order valence-corrected chi connectivity index (χ4v) is 4.43. The fraction of sp³-hybridized carbons (Fsp3) is 1.00. The molecule has 0 aromatic carbocycles. The molecule has 1 heterocycles. The Morgan fingerprint density at radius 3 is 2.83 bits per heavy atom. The fourth-order valence-electron chi connectivity index (χ4n) is 2.15. The van der Waals surface area contributed by atoms with E-state index in [9.17, 15) is 13.5 Å². The molecule has 2 N–H and O–H groups in total. The largest absolute Gasteiger partial charge is 0.395 e. The number of rotatable bonds is 7. The van der Waals surface area contributed by atoms with E-state index in [2.05, 4.69) is 4.72 Å². The lowest BCUT2D eigenvalue weighted by molar-refractivity contribution is 0.153. The Bertz CT molecular complexity index is 335. The van der Waals surface area contributed by atoms with Crippen LogP contribution < -0.4 is 4.72 Å². The van der Waals surface area contributed by atoms with Gasteiger partial charge in [0, 0.05) is 18.6 Å². The lowest BCUT2D eigenvalue weighted by Gasteiger charge is -2.34.